The monoisotopic (exact) mass is 305 g/mol. The summed E-state index contributed by atoms with van der Waals surface area (Å²) in [6, 6.07) is 14.4. The summed E-state index contributed by atoms with van der Waals surface area (Å²) in [5.41, 5.74) is 0.695. The summed E-state index contributed by atoms with van der Waals surface area (Å²) in [4.78, 5) is 11.2. The van der Waals surface area contributed by atoms with Crippen LogP contribution in [-0.4, -0.2) is 19.5 Å². The Morgan fingerprint density at radius 2 is 1.62 bits per heavy atom. The second-order valence-corrected chi connectivity index (χ2v) is 6.25. The van der Waals surface area contributed by atoms with Crippen LogP contribution in [0, 0.1) is 0 Å². The molecule has 2 N–H and O–H groups in total. The third-order valence-electron chi connectivity index (χ3n) is 3.10. The molecule has 0 spiro atoms. The van der Waals surface area contributed by atoms with Gasteiger partial charge in [0.1, 0.15) is 0 Å². The van der Waals surface area contributed by atoms with Gasteiger partial charge in [-0.25, -0.2) is 8.42 Å². The van der Waals surface area contributed by atoms with Gasteiger partial charge in [0.2, 0.25) is 0 Å². The van der Waals surface area contributed by atoms with E-state index in [1.54, 1.807) is 42.5 Å². The molecule has 6 heteroatoms. The Morgan fingerprint density at radius 1 is 1.05 bits per heavy atom. The molecule has 0 aromatic heterocycles. The third-order valence-corrected chi connectivity index (χ3v) is 4.48. The first-order valence-corrected chi connectivity index (χ1v) is 7.80. The molecule has 0 aliphatic heterocycles. The molecule has 0 aliphatic carbocycles. The maximum Gasteiger partial charge on any atom is 0.310 e. The third kappa shape index (κ3) is 3.41. The van der Waals surface area contributed by atoms with E-state index in [0.29, 0.717) is 5.56 Å². The van der Waals surface area contributed by atoms with E-state index in [9.17, 15) is 13.2 Å². The fourth-order valence-electron chi connectivity index (χ4n) is 1.90. The highest BCUT2D eigenvalue weighted by Crippen LogP contribution is 2.26. The minimum Gasteiger partial charge on any atom is -0.481 e. The smallest absolute Gasteiger partial charge is 0.310 e. The Bertz CT molecular complexity index is 741. The van der Waals surface area contributed by atoms with E-state index < -0.39 is 21.9 Å². The zero-order valence-corrected chi connectivity index (χ0v) is 12.2. The van der Waals surface area contributed by atoms with Crippen molar-refractivity contribution in [2.24, 2.45) is 0 Å². The van der Waals surface area contributed by atoms with E-state index in [1.807, 2.05) is 0 Å². The summed E-state index contributed by atoms with van der Waals surface area (Å²) in [5, 5.41) is 9.10. The van der Waals surface area contributed by atoms with Crippen LogP contribution in [0.2, 0.25) is 0 Å². The standard InChI is InChI=1S/C15H15NO4S/c1-11(15(17)18)13-9-5-6-10-14(13)16-21(19,20)12-7-3-2-4-8-12/h2-11,16H,1H3,(H,17,18). The first kappa shape index (κ1) is 15.1. The predicted octanol–water partition coefficient (Wildman–Crippen LogP) is 2.68. The van der Waals surface area contributed by atoms with Crippen molar-refractivity contribution in [3.63, 3.8) is 0 Å². The zero-order chi connectivity index (χ0) is 15.5. The topological polar surface area (TPSA) is 83.5 Å². The lowest BCUT2D eigenvalue weighted by Gasteiger charge is -2.15. The second kappa shape index (κ2) is 5.97. The predicted molar refractivity (Wildman–Crippen MR) is 79.7 cm³/mol. The summed E-state index contributed by atoms with van der Waals surface area (Å²) >= 11 is 0. The lowest BCUT2D eigenvalue weighted by atomic mass is 10.00. The van der Waals surface area contributed by atoms with E-state index in [1.165, 1.54) is 19.1 Å². The Labute approximate surface area is 123 Å². The number of carbonyl (C=O) groups is 1. The van der Waals surface area contributed by atoms with Crippen LogP contribution in [0.5, 0.6) is 0 Å². The van der Waals surface area contributed by atoms with Gasteiger partial charge in [-0.1, -0.05) is 36.4 Å². The number of hydrogen-bond donors (Lipinski definition) is 2. The number of benzene rings is 2. The van der Waals surface area contributed by atoms with Crippen LogP contribution >= 0.6 is 0 Å². The average Bonchev–Trinajstić information content (AvgIpc) is 2.47. The van der Waals surface area contributed by atoms with Crippen molar-refractivity contribution in [1.82, 2.24) is 0 Å². The summed E-state index contributed by atoms with van der Waals surface area (Å²) in [6.07, 6.45) is 0. The Balaban J connectivity index is 2.39. The largest absolute Gasteiger partial charge is 0.481 e. The maximum atomic E-state index is 12.3. The molecule has 0 aliphatic rings. The Morgan fingerprint density at radius 3 is 2.24 bits per heavy atom. The molecule has 2 aromatic rings. The molecule has 21 heavy (non-hydrogen) atoms. The van der Waals surface area contributed by atoms with Crippen molar-refractivity contribution >= 4 is 21.7 Å². The SMILES string of the molecule is CC(C(=O)O)c1ccccc1NS(=O)(=O)c1ccccc1. The van der Waals surface area contributed by atoms with Gasteiger partial charge in [-0.2, -0.15) is 0 Å². The van der Waals surface area contributed by atoms with Gasteiger partial charge >= 0.3 is 5.97 Å². The number of nitrogens with one attached hydrogen (secondary N) is 1. The quantitative estimate of drug-likeness (QED) is 0.889. The van der Waals surface area contributed by atoms with E-state index in [0.717, 1.165) is 0 Å². The van der Waals surface area contributed by atoms with Crippen LogP contribution in [0.1, 0.15) is 18.4 Å². The van der Waals surface area contributed by atoms with Crippen molar-refractivity contribution < 1.29 is 18.3 Å². The van der Waals surface area contributed by atoms with Crippen LogP contribution in [-0.2, 0) is 14.8 Å². The van der Waals surface area contributed by atoms with E-state index in [-0.39, 0.29) is 10.6 Å². The highest BCUT2D eigenvalue weighted by molar-refractivity contribution is 7.92. The van der Waals surface area contributed by atoms with Crippen LogP contribution in [0.4, 0.5) is 5.69 Å². The molecular formula is C15H15NO4S. The molecule has 0 saturated heterocycles. The summed E-state index contributed by atoms with van der Waals surface area (Å²) < 4.78 is 27.0. The molecule has 0 radical (unpaired) electrons. The van der Waals surface area contributed by atoms with Crippen molar-refractivity contribution in [3.05, 3.63) is 60.2 Å². The normalized spacial score (nSPS) is 12.6. The fraction of sp³-hybridized carbons (Fsp3) is 0.133. The lowest BCUT2D eigenvalue weighted by molar-refractivity contribution is -0.138. The Hall–Kier alpha value is -2.34. The number of hydrogen-bond acceptors (Lipinski definition) is 3. The number of anilines is 1. The zero-order valence-electron chi connectivity index (χ0n) is 11.4. The molecular weight excluding hydrogens is 290 g/mol. The summed E-state index contributed by atoms with van der Waals surface area (Å²) in [5.74, 6) is -1.82. The summed E-state index contributed by atoms with van der Waals surface area (Å²) in [7, 11) is -3.74. The first-order valence-electron chi connectivity index (χ1n) is 6.31. The highest BCUT2D eigenvalue weighted by Gasteiger charge is 2.20. The van der Waals surface area contributed by atoms with Crippen LogP contribution in [0.25, 0.3) is 0 Å². The highest BCUT2D eigenvalue weighted by atomic mass is 32.2. The number of aliphatic carboxylic acids is 1. The fourth-order valence-corrected chi connectivity index (χ4v) is 3.01. The Kier molecular flexibility index (Phi) is 4.28. The maximum absolute atomic E-state index is 12.3. The molecule has 110 valence electrons. The van der Waals surface area contributed by atoms with Crippen LogP contribution < -0.4 is 4.72 Å². The van der Waals surface area contributed by atoms with Gasteiger partial charge in [0.05, 0.1) is 16.5 Å². The van der Waals surface area contributed by atoms with Gasteiger partial charge in [0.15, 0.2) is 0 Å². The van der Waals surface area contributed by atoms with Gasteiger partial charge < -0.3 is 5.11 Å². The van der Waals surface area contributed by atoms with Crippen molar-refractivity contribution in [2.75, 3.05) is 4.72 Å². The first-order chi connectivity index (χ1) is 9.92. The van der Waals surface area contributed by atoms with Crippen molar-refractivity contribution in [3.8, 4) is 0 Å². The number of para-hydroxylation sites is 1. The van der Waals surface area contributed by atoms with Crippen LogP contribution in [0.15, 0.2) is 59.5 Å². The van der Waals surface area contributed by atoms with Gasteiger partial charge in [0.25, 0.3) is 10.0 Å². The molecule has 1 atom stereocenters. The molecule has 0 saturated carbocycles. The number of carboxylic acid groups (broad SMARTS) is 1. The van der Waals surface area contributed by atoms with Crippen LogP contribution in [0.3, 0.4) is 0 Å². The molecule has 2 aromatic carbocycles. The van der Waals surface area contributed by atoms with Crippen molar-refractivity contribution in [1.29, 1.82) is 0 Å². The van der Waals surface area contributed by atoms with E-state index >= 15 is 0 Å². The number of rotatable bonds is 5. The minimum atomic E-state index is -3.74. The van der Waals surface area contributed by atoms with Gasteiger partial charge in [0, 0.05) is 0 Å². The molecule has 1 unspecified atom stereocenters. The molecule has 5 nitrogen and oxygen atoms in total. The summed E-state index contributed by atoms with van der Waals surface area (Å²) in [6.45, 7) is 1.51. The second-order valence-electron chi connectivity index (χ2n) is 4.57. The minimum absolute atomic E-state index is 0.128. The van der Waals surface area contributed by atoms with E-state index in [2.05, 4.69) is 4.72 Å². The molecule has 2 rings (SSSR count). The van der Waals surface area contributed by atoms with Gasteiger partial charge in [-0.05, 0) is 30.7 Å². The lowest BCUT2D eigenvalue weighted by Crippen LogP contribution is -2.16. The van der Waals surface area contributed by atoms with Gasteiger partial charge in [-0.15, -0.1) is 0 Å². The molecule has 0 heterocycles. The van der Waals surface area contributed by atoms with E-state index in [4.69, 9.17) is 5.11 Å². The molecule has 0 bridgehead atoms. The molecule has 0 amide bonds. The van der Waals surface area contributed by atoms with Crippen molar-refractivity contribution in [2.45, 2.75) is 17.7 Å². The molecule has 0 fully saturated rings. The average molecular weight is 305 g/mol. The van der Waals surface area contributed by atoms with Gasteiger partial charge in [-0.3, -0.25) is 9.52 Å². The number of carboxylic acids is 1. The number of sulfonamides is 1.